The molecule has 0 radical (unpaired) electrons. The number of hydrogen-bond acceptors (Lipinski definition) is 5. The van der Waals surface area contributed by atoms with Gasteiger partial charge in [0.2, 0.25) is 0 Å². The summed E-state index contributed by atoms with van der Waals surface area (Å²) in [6.07, 6.45) is 0. The average molecular weight is 369 g/mol. The molecule has 132 valence electrons. The first kappa shape index (κ1) is 17.4. The van der Waals surface area contributed by atoms with E-state index >= 15 is 0 Å². The van der Waals surface area contributed by atoms with Gasteiger partial charge in [0.15, 0.2) is 0 Å². The lowest BCUT2D eigenvalue weighted by Crippen LogP contribution is -2.13. The molecule has 3 aromatic rings. The Morgan fingerprint density at radius 1 is 0.808 bits per heavy atom. The minimum atomic E-state index is -3.82. The van der Waals surface area contributed by atoms with E-state index in [-0.39, 0.29) is 22.0 Å². The summed E-state index contributed by atoms with van der Waals surface area (Å²) in [6.45, 7) is 0. The maximum Gasteiger partial charge on any atom is 0.294 e. The van der Waals surface area contributed by atoms with Crippen molar-refractivity contribution in [3.8, 4) is 0 Å². The van der Waals surface area contributed by atoms with Gasteiger partial charge in [0, 0.05) is 11.8 Å². The zero-order valence-corrected chi connectivity index (χ0v) is 14.3. The highest BCUT2D eigenvalue weighted by molar-refractivity contribution is 7.92. The van der Waals surface area contributed by atoms with E-state index in [2.05, 4.69) is 10.0 Å². The van der Waals surface area contributed by atoms with E-state index in [1.165, 1.54) is 30.3 Å². The zero-order chi connectivity index (χ0) is 18.6. The summed E-state index contributed by atoms with van der Waals surface area (Å²) in [4.78, 5) is 10.9. The molecule has 3 aromatic carbocycles. The molecule has 0 bridgehead atoms. The number of nitro benzene ring substituents is 1. The highest BCUT2D eigenvalue weighted by Gasteiger charge is 2.18. The molecule has 2 N–H and O–H groups in total. The molecule has 0 saturated heterocycles. The van der Waals surface area contributed by atoms with E-state index in [4.69, 9.17) is 0 Å². The lowest BCUT2D eigenvalue weighted by Gasteiger charge is -2.11. The van der Waals surface area contributed by atoms with Crippen molar-refractivity contribution in [2.75, 3.05) is 10.0 Å². The predicted octanol–water partition coefficient (Wildman–Crippen LogP) is 4.14. The third-order valence-electron chi connectivity index (χ3n) is 3.55. The standard InChI is InChI=1S/C18H15N3O4S/c22-21(23)18-13-15(20-26(24,25)16-9-5-2-6-10-16)11-12-17(18)19-14-7-3-1-4-8-14/h1-13,19-20H. The second-order valence-electron chi connectivity index (χ2n) is 5.40. The molecule has 7 nitrogen and oxygen atoms in total. The third-order valence-corrected chi connectivity index (χ3v) is 4.95. The van der Waals surface area contributed by atoms with Crippen LogP contribution < -0.4 is 10.0 Å². The maximum atomic E-state index is 12.4. The van der Waals surface area contributed by atoms with Crippen LogP contribution in [0, 0.1) is 10.1 Å². The van der Waals surface area contributed by atoms with Crippen molar-refractivity contribution in [3.63, 3.8) is 0 Å². The molecule has 0 heterocycles. The maximum absolute atomic E-state index is 12.4. The molecule has 0 aliphatic heterocycles. The Balaban J connectivity index is 1.90. The van der Waals surface area contributed by atoms with Crippen LogP contribution in [0.5, 0.6) is 0 Å². The van der Waals surface area contributed by atoms with E-state index in [1.54, 1.807) is 42.5 Å². The summed E-state index contributed by atoms with van der Waals surface area (Å²) < 4.78 is 27.1. The van der Waals surface area contributed by atoms with Gasteiger partial charge < -0.3 is 5.32 Å². The summed E-state index contributed by atoms with van der Waals surface area (Å²) in [7, 11) is -3.82. The molecular weight excluding hydrogens is 354 g/mol. The Morgan fingerprint density at radius 2 is 1.42 bits per heavy atom. The van der Waals surface area contributed by atoms with Crippen LogP contribution in [0.2, 0.25) is 0 Å². The van der Waals surface area contributed by atoms with Crippen LogP contribution in [-0.2, 0) is 10.0 Å². The molecule has 26 heavy (non-hydrogen) atoms. The molecule has 0 spiro atoms. The van der Waals surface area contributed by atoms with Crippen LogP contribution in [0.4, 0.5) is 22.7 Å². The lowest BCUT2D eigenvalue weighted by molar-refractivity contribution is -0.383. The summed E-state index contributed by atoms with van der Waals surface area (Å²) in [5, 5.41) is 14.3. The molecule has 0 unspecified atom stereocenters. The van der Waals surface area contributed by atoms with Crippen LogP contribution >= 0.6 is 0 Å². The highest BCUT2D eigenvalue weighted by Crippen LogP contribution is 2.31. The van der Waals surface area contributed by atoms with Gasteiger partial charge in [0.1, 0.15) is 5.69 Å². The monoisotopic (exact) mass is 369 g/mol. The second kappa shape index (κ2) is 7.24. The van der Waals surface area contributed by atoms with Crippen molar-refractivity contribution in [3.05, 3.63) is 89.0 Å². The summed E-state index contributed by atoms with van der Waals surface area (Å²) >= 11 is 0. The number of para-hydroxylation sites is 1. The van der Waals surface area contributed by atoms with Crippen molar-refractivity contribution in [1.29, 1.82) is 0 Å². The Kier molecular flexibility index (Phi) is 4.85. The predicted molar refractivity (Wildman–Crippen MR) is 100 cm³/mol. The first-order valence-corrected chi connectivity index (χ1v) is 9.12. The van der Waals surface area contributed by atoms with Gasteiger partial charge in [0.05, 0.1) is 15.5 Å². The van der Waals surface area contributed by atoms with Crippen LogP contribution in [-0.4, -0.2) is 13.3 Å². The Hall–Kier alpha value is -3.39. The van der Waals surface area contributed by atoms with Crippen LogP contribution in [0.1, 0.15) is 0 Å². The van der Waals surface area contributed by atoms with E-state index < -0.39 is 14.9 Å². The Morgan fingerprint density at radius 3 is 2.04 bits per heavy atom. The molecule has 0 aliphatic rings. The van der Waals surface area contributed by atoms with Crippen LogP contribution in [0.15, 0.2) is 83.8 Å². The molecular formula is C18H15N3O4S. The fourth-order valence-electron chi connectivity index (χ4n) is 2.34. The number of anilines is 3. The van der Waals surface area contributed by atoms with Gasteiger partial charge in [-0.05, 0) is 36.4 Å². The van der Waals surface area contributed by atoms with Crippen molar-refractivity contribution in [1.82, 2.24) is 0 Å². The van der Waals surface area contributed by atoms with Crippen molar-refractivity contribution in [2.24, 2.45) is 0 Å². The fraction of sp³-hybridized carbons (Fsp3) is 0. The first-order chi connectivity index (χ1) is 12.5. The topological polar surface area (TPSA) is 101 Å². The minimum absolute atomic E-state index is 0.0779. The van der Waals surface area contributed by atoms with E-state index in [0.717, 1.165) is 0 Å². The van der Waals surface area contributed by atoms with Gasteiger partial charge in [-0.15, -0.1) is 0 Å². The van der Waals surface area contributed by atoms with Crippen molar-refractivity contribution >= 4 is 32.8 Å². The summed E-state index contributed by atoms with van der Waals surface area (Å²) in [6, 6.07) is 20.9. The van der Waals surface area contributed by atoms with Crippen LogP contribution in [0.3, 0.4) is 0 Å². The van der Waals surface area contributed by atoms with Crippen molar-refractivity contribution < 1.29 is 13.3 Å². The van der Waals surface area contributed by atoms with Crippen molar-refractivity contribution in [2.45, 2.75) is 4.90 Å². The Bertz CT molecular complexity index is 1020. The average Bonchev–Trinajstić information content (AvgIpc) is 2.64. The van der Waals surface area contributed by atoms with Gasteiger partial charge >= 0.3 is 0 Å². The smallest absolute Gasteiger partial charge is 0.294 e. The molecule has 0 atom stereocenters. The van der Waals surface area contributed by atoms with E-state index in [9.17, 15) is 18.5 Å². The first-order valence-electron chi connectivity index (χ1n) is 7.64. The van der Waals surface area contributed by atoms with Gasteiger partial charge in [-0.3, -0.25) is 14.8 Å². The number of hydrogen-bond donors (Lipinski definition) is 2. The van der Waals surface area contributed by atoms with E-state index in [1.807, 2.05) is 6.07 Å². The summed E-state index contributed by atoms with van der Waals surface area (Å²) in [5.41, 5.74) is 0.832. The molecule has 0 saturated carbocycles. The Labute approximate surface area is 150 Å². The SMILES string of the molecule is O=[N+]([O-])c1cc(NS(=O)(=O)c2ccccc2)ccc1Nc1ccccc1. The molecule has 0 fully saturated rings. The quantitative estimate of drug-likeness (QED) is 0.502. The largest absolute Gasteiger partial charge is 0.350 e. The minimum Gasteiger partial charge on any atom is -0.350 e. The second-order valence-corrected chi connectivity index (χ2v) is 7.08. The van der Waals surface area contributed by atoms with E-state index in [0.29, 0.717) is 5.69 Å². The third kappa shape index (κ3) is 3.98. The molecule has 0 amide bonds. The van der Waals surface area contributed by atoms with Gasteiger partial charge in [-0.2, -0.15) is 0 Å². The molecule has 8 heteroatoms. The number of benzene rings is 3. The zero-order valence-electron chi connectivity index (χ0n) is 13.5. The molecule has 0 aliphatic carbocycles. The highest BCUT2D eigenvalue weighted by atomic mass is 32.2. The molecule has 3 rings (SSSR count). The normalized spacial score (nSPS) is 10.9. The van der Waals surface area contributed by atoms with Gasteiger partial charge in [-0.25, -0.2) is 8.42 Å². The van der Waals surface area contributed by atoms with Gasteiger partial charge in [0.25, 0.3) is 15.7 Å². The van der Waals surface area contributed by atoms with Gasteiger partial charge in [-0.1, -0.05) is 36.4 Å². The number of nitrogens with one attached hydrogen (secondary N) is 2. The summed E-state index contributed by atoms with van der Waals surface area (Å²) in [5.74, 6) is 0. The molecule has 0 aromatic heterocycles. The lowest BCUT2D eigenvalue weighted by atomic mass is 10.2. The number of nitro groups is 1. The number of nitrogens with zero attached hydrogens (tertiary/aromatic N) is 1. The number of sulfonamides is 1. The fourth-order valence-corrected chi connectivity index (χ4v) is 3.41. The van der Waals surface area contributed by atoms with Crippen LogP contribution in [0.25, 0.3) is 0 Å². The number of rotatable bonds is 6.